The highest BCUT2D eigenvalue weighted by Gasteiger charge is 2.24. The Morgan fingerprint density at radius 2 is 1.93 bits per heavy atom. The average Bonchev–Trinajstić information content (AvgIpc) is 2.68. The highest BCUT2D eigenvalue weighted by atomic mass is 16.6. The Kier molecular flexibility index (Phi) is 11.1. The topological polar surface area (TPSA) is 123 Å². The van der Waals surface area contributed by atoms with Gasteiger partial charge in [0.15, 0.2) is 0 Å². The van der Waals surface area contributed by atoms with Crippen molar-refractivity contribution in [1.29, 1.82) is 0 Å². The van der Waals surface area contributed by atoms with Gasteiger partial charge in [-0.25, -0.2) is 9.59 Å². The smallest absolute Gasteiger partial charge is 0.408 e. The summed E-state index contributed by atoms with van der Waals surface area (Å²) < 4.78 is 15.9. The molecule has 0 aliphatic heterocycles. The van der Waals surface area contributed by atoms with Crippen molar-refractivity contribution in [1.82, 2.24) is 5.32 Å². The molecule has 166 valence electrons. The zero-order chi connectivity index (χ0) is 22.4. The third-order valence-corrected chi connectivity index (χ3v) is 4.06. The number of nitrogens with one attached hydrogen (secondary N) is 1. The number of nitrogens with zero attached hydrogens (tertiary/aromatic N) is 3. The van der Waals surface area contributed by atoms with E-state index in [1.165, 1.54) is 7.11 Å². The largest absolute Gasteiger partial charge is 0.493 e. The number of hydrogen-bond acceptors (Lipinski definition) is 6. The zero-order valence-electron chi connectivity index (χ0n) is 18.2. The van der Waals surface area contributed by atoms with Crippen molar-refractivity contribution in [3.63, 3.8) is 0 Å². The van der Waals surface area contributed by atoms with Gasteiger partial charge >= 0.3 is 12.1 Å². The van der Waals surface area contributed by atoms with Crippen LogP contribution < -0.4 is 10.1 Å². The highest BCUT2D eigenvalue weighted by molar-refractivity contribution is 5.81. The molecule has 0 unspecified atom stereocenters. The third kappa shape index (κ3) is 10.6. The van der Waals surface area contributed by atoms with E-state index in [0.29, 0.717) is 32.4 Å². The number of para-hydroxylation sites is 1. The monoisotopic (exact) mass is 420 g/mol. The van der Waals surface area contributed by atoms with Gasteiger partial charge in [-0.15, -0.1) is 0 Å². The van der Waals surface area contributed by atoms with Crippen molar-refractivity contribution in [2.24, 2.45) is 5.11 Å². The number of ether oxygens (including phenoxy) is 3. The zero-order valence-corrected chi connectivity index (χ0v) is 18.2. The summed E-state index contributed by atoms with van der Waals surface area (Å²) in [5.41, 5.74) is 8.65. The quantitative estimate of drug-likeness (QED) is 0.175. The van der Waals surface area contributed by atoms with Gasteiger partial charge in [0.05, 0.1) is 13.7 Å². The Hall–Kier alpha value is -2.93. The van der Waals surface area contributed by atoms with Gasteiger partial charge in [-0.05, 0) is 70.0 Å². The number of alkyl carbamates (subject to hydrolysis) is 1. The molecule has 0 saturated heterocycles. The van der Waals surface area contributed by atoms with Gasteiger partial charge in [-0.1, -0.05) is 23.3 Å². The van der Waals surface area contributed by atoms with Gasteiger partial charge in [0, 0.05) is 11.5 Å². The summed E-state index contributed by atoms with van der Waals surface area (Å²) in [5, 5.41) is 6.08. The van der Waals surface area contributed by atoms with Crippen molar-refractivity contribution in [2.75, 3.05) is 20.3 Å². The maximum Gasteiger partial charge on any atom is 0.408 e. The van der Waals surface area contributed by atoms with Crippen molar-refractivity contribution >= 4 is 12.1 Å². The fourth-order valence-corrected chi connectivity index (χ4v) is 2.70. The molecule has 0 bridgehead atoms. The molecule has 9 nitrogen and oxygen atoms in total. The van der Waals surface area contributed by atoms with Crippen LogP contribution in [0.15, 0.2) is 29.4 Å². The molecule has 1 aromatic carbocycles. The summed E-state index contributed by atoms with van der Waals surface area (Å²) in [7, 11) is 1.29. The summed E-state index contributed by atoms with van der Waals surface area (Å²) >= 11 is 0. The van der Waals surface area contributed by atoms with E-state index in [0.717, 1.165) is 24.2 Å². The minimum atomic E-state index is -0.779. The lowest BCUT2D eigenvalue weighted by atomic mass is 10.0. The van der Waals surface area contributed by atoms with E-state index < -0.39 is 23.7 Å². The molecule has 1 aromatic rings. The Morgan fingerprint density at radius 1 is 1.20 bits per heavy atom. The number of esters is 1. The van der Waals surface area contributed by atoms with Crippen LogP contribution in [0.3, 0.4) is 0 Å². The van der Waals surface area contributed by atoms with Gasteiger partial charge in [0.25, 0.3) is 0 Å². The first-order valence-corrected chi connectivity index (χ1v) is 10.1. The molecular weight excluding hydrogens is 388 g/mol. The number of hydrogen-bond donors (Lipinski definition) is 1. The number of unbranched alkanes of at least 4 members (excludes halogenated alkanes) is 1. The number of rotatable bonds is 12. The molecule has 0 spiro atoms. The van der Waals surface area contributed by atoms with Crippen molar-refractivity contribution in [3.8, 4) is 5.75 Å². The van der Waals surface area contributed by atoms with Crippen LogP contribution >= 0.6 is 0 Å². The SMILES string of the molecule is COC(=O)[C@H](CCCc1ccccc1OCCCCN=[N+]=[N-])NC(=O)OC(C)(C)C. The predicted molar refractivity (Wildman–Crippen MR) is 113 cm³/mol. The number of carbonyl (C=O) groups is 2. The minimum Gasteiger partial charge on any atom is -0.493 e. The first kappa shape index (κ1) is 25.1. The standard InChI is InChI=1S/C21H32N4O5/c1-21(2,3)30-20(27)24-17(19(26)28-4)12-9-11-16-10-5-6-13-18(16)29-15-8-7-14-23-25-22/h5-6,10,13,17H,7-9,11-12,14-15H2,1-4H3,(H,24,27)/t17-/m0/s1. The number of carbonyl (C=O) groups excluding carboxylic acids is 2. The van der Waals surface area contributed by atoms with Crippen LogP contribution in [0.2, 0.25) is 0 Å². The number of azide groups is 1. The molecule has 0 saturated carbocycles. The Morgan fingerprint density at radius 3 is 2.60 bits per heavy atom. The third-order valence-electron chi connectivity index (χ3n) is 4.06. The fourth-order valence-electron chi connectivity index (χ4n) is 2.70. The summed E-state index contributed by atoms with van der Waals surface area (Å²) in [6.45, 7) is 6.26. The molecule has 0 aliphatic rings. The summed E-state index contributed by atoms with van der Waals surface area (Å²) in [6, 6.07) is 6.93. The normalized spacial score (nSPS) is 11.7. The maximum atomic E-state index is 12.0. The first-order valence-electron chi connectivity index (χ1n) is 10.1. The molecule has 1 N–H and O–H groups in total. The van der Waals surface area contributed by atoms with Gasteiger partial charge < -0.3 is 19.5 Å². The molecular formula is C21H32N4O5. The van der Waals surface area contributed by atoms with Crippen LogP contribution in [-0.2, 0) is 20.7 Å². The van der Waals surface area contributed by atoms with Gasteiger partial charge in [-0.2, -0.15) is 0 Å². The predicted octanol–water partition coefficient (Wildman–Crippen LogP) is 4.54. The lowest BCUT2D eigenvalue weighted by Gasteiger charge is -2.22. The summed E-state index contributed by atoms with van der Waals surface area (Å²) in [5.74, 6) is 0.279. The van der Waals surface area contributed by atoms with Crippen molar-refractivity contribution in [2.45, 2.75) is 64.5 Å². The lowest BCUT2D eigenvalue weighted by Crippen LogP contribution is -2.44. The van der Waals surface area contributed by atoms with E-state index >= 15 is 0 Å². The van der Waals surface area contributed by atoms with Crippen LogP contribution in [0.1, 0.15) is 52.0 Å². The van der Waals surface area contributed by atoms with E-state index in [9.17, 15) is 9.59 Å². The molecule has 30 heavy (non-hydrogen) atoms. The second-order valence-corrected chi connectivity index (χ2v) is 7.73. The number of benzene rings is 1. The van der Waals surface area contributed by atoms with Crippen molar-refractivity contribution < 1.29 is 23.8 Å². The van der Waals surface area contributed by atoms with Crippen LogP contribution in [0.5, 0.6) is 5.75 Å². The van der Waals surface area contributed by atoms with Crippen molar-refractivity contribution in [3.05, 3.63) is 40.3 Å². The number of amides is 1. The van der Waals surface area contributed by atoms with Crippen LogP contribution in [0, 0.1) is 0 Å². The van der Waals surface area contributed by atoms with Crippen LogP contribution in [0.25, 0.3) is 10.4 Å². The van der Waals surface area contributed by atoms with Gasteiger partial charge in [0.2, 0.25) is 0 Å². The van der Waals surface area contributed by atoms with Gasteiger partial charge in [-0.3, -0.25) is 0 Å². The Balaban J connectivity index is 2.56. The van der Waals surface area contributed by atoms with E-state index in [1.54, 1.807) is 20.8 Å². The van der Waals surface area contributed by atoms with E-state index in [-0.39, 0.29) is 0 Å². The molecule has 0 radical (unpaired) electrons. The molecule has 0 aromatic heterocycles. The Labute approximate surface area is 177 Å². The minimum absolute atomic E-state index is 0.409. The van der Waals surface area contributed by atoms with Crippen LogP contribution in [0.4, 0.5) is 4.79 Å². The second-order valence-electron chi connectivity index (χ2n) is 7.73. The molecule has 1 atom stereocenters. The summed E-state index contributed by atoms with van der Waals surface area (Å²) in [4.78, 5) is 26.8. The average molecular weight is 421 g/mol. The number of aryl methyl sites for hydroxylation is 1. The summed E-state index contributed by atoms with van der Waals surface area (Å²) in [6.07, 6.45) is 2.64. The molecule has 0 heterocycles. The van der Waals surface area contributed by atoms with E-state index in [4.69, 9.17) is 19.7 Å². The molecule has 1 rings (SSSR count). The molecule has 1 amide bonds. The van der Waals surface area contributed by atoms with Crippen LogP contribution in [-0.4, -0.2) is 44.0 Å². The molecule has 9 heteroatoms. The Bertz CT molecular complexity index is 726. The lowest BCUT2D eigenvalue weighted by molar-refractivity contribution is -0.143. The van der Waals surface area contributed by atoms with E-state index in [1.807, 2.05) is 24.3 Å². The second kappa shape index (κ2) is 13.3. The fraction of sp³-hybridized carbons (Fsp3) is 0.619. The molecule has 0 aliphatic carbocycles. The molecule has 0 fully saturated rings. The van der Waals surface area contributed by atoms with Gasteiger partial charge in [0.1, 0.15) is 17.4 Å². The number of methoxy groups -OCH3 is 1. The maximum absolute atomic E-state index is 12.0. The highest BCUT2D eigenvalue weighted by Crippen LogP contribution is 2.21. The first-order chi connectivity index (χ1) is 14.3. The van der Waals surface area contributed by atoms with E-state index in [2.05, 4.69) is 15.3 Å².